The molecule has 0 radical (unpaired) electrons. The van der Waals surface area contributed by atoms with Crippen molar-refractivity contribution in [3.05, 3.63) is 29.8 Å². The minimum Gasteiger partial charge on any atom is -0.353 e. The second-order valence-electron chi connectivity index (χ2n) is 4.79. The van der Waals surface area contributed by atoms with E-state index in [1.807, 2.05) is 45.0 Å². The Bertz CT molecular complexity index is 463. The number of nitrogens with one attached hydrogen (secondary N) is 2. The number of carbonyl (C=O) groups excluding carboxylic acids is 2. The number of amides is 2. The molecule has 110 valence electrons. The van der Waals surface area contributed by atoms with E-state index in [4.69, 9.17) is 0 Å². The van der Waals surface area contributed by atoms with E-state index in [9.17, 15) is 9.59 Å². The van der Waals surface area contributed by atoms with E-state index in [2.05, 4.69) is 10.6 Å². The minimum atomic E-state index is -0.0862. The van der Waals surface area contributed by atoms with Crippen LogP contribution in [-0.4, -0.2) is 29.4 Å². The molecule has 0 aromatic heterocycles. The predicted molar refractivity (Wildman–Crippen MR) is 85.0 cm³/mol. The highest BCUT2D eigenvalue weighted by atomic mass is 32.2. The van der Waals surface area contributed by atoms with E-state index < -0.39 is 0 Å². The molecule has 2 amide bonds. The van der Waals surface area contributed by atoms with E-state index in [0.29, 0.717) is 5.75 Å². The van der Waals surface area contributed by atoms with Gasteiger partial charge in [-0.1, -0.05) is 19.1 Å². The highest BCUT2D eigenvalue weighted by Crippen LogP contribution is 2.10. The summed E-state index contributed by atoms with van der Waals surface area (Å²) in [5.74, 6) is 0.484. The van der Waals surface area contributed by atoms with Gasteiger partial charge in [-0.05, 0) is 38.0 Å². The predicted octanol–water partition coefficient (Wildman–Crippen LogP) is 2.58. The molecule has 1 aromatic rings. The van der Waals surface area contributed by atoms with Gasteiger partial charge in [0.2, 0.25) is 11.8 Å². The summed E-state index contributed by atoms with van der Waals surface area (Å²) < 4.78 is 0. The first-order chi connectivity index (χ1) is 9.51. The molecule has 1 unspecified atom stereocenters. The zero-order valence-electron chi connectivity index (χ0n) is 12.2. The molecule has 0 aliphatic rings. The van der Waals surface area contributed by atoms with Crippen molar-refractivity contribution in [2.75, 3.05) is 16.8 Å². The third-order valence-corrected chi connectivity index (χ3v) is 3.72. The summed E-state index contributed by atoms with van der Waals surface area (Å²) in [7, 11) is 0. The van der Waals surface area contributed by atoms with Crippen molar-refractivity contribution in [2.24, 2.45) is 0 Å². The van der Waals surface area contributed by atoms with Crippen molar-refractivity contribution < 1.29 is 9.59 Å². The van der Waals surface area contributed by atoms with Crippen LogP contribution in [0.4, 0.5) is 5.69 Å². The Kier molecular flexibility index (Phi) is 7.15. The third-order valence-electron chi connectivity index (χ3n) is 2.79. The van der Waals surface area contributed by atoms with Gasteiger partial charge in [-0.15, -0.1) is 11.8 Å². The Balaban J connectivity index is 2.25. The number of hydrogen-bond donors (Lipinski definition) is 2. The Labute approximate surface area is 124 Å². The van der Waals surface area contributed by atoms with Crippen LogP contribution < -0.4 is 10.6 Å². The first-order valence-electron chi connectivity index (χ1n) is 6.75. The Morgan fingerprint density at radius 2 is 1.95 bits per heavy atom. The molecular weight excluding hydrogens is 272 g/mol. The summed E-state index contributed by atoms with van der Waals surface area (Å²) in [6.07, 6.45) is 0.907. The molecule has 5 heteroatoms. The van der Waals surface area contributed by atoms with Crippen LogP contribution in [-0.2, 0) is 9.59 Å². The molecule has 0 saturated heterocycles. The van der Waals surface area contributed by atoms with Crippen LogP contribution in [0.25, 0.3) is 0 Å². The fourth-order valence-electron chi connectivity index (χ4n) is 1.57. The molecule has 0 aliphatic carbocycles. The van der Waals surface area contributed by atoms with Crippen molar-refractivity contribution >= 4 is 29.3 Å². The minimum absolute atomic E-state index is 0.0206. The van der Waals surface area contributed by atoms with Gasteiger partial charge in [0, 0.05) is 11.7 Å². The molecule has 0 fully saturated rings. The standard InChI is InChI=1S/C15H22N2O2S/c1-4-12(3)16-14(18)9-20-10-15(19)17-13-7-5-6-11(2)8-13/h5-8,12H,4,9-10H2,1-3H3,(H,16,18)(H,17,19). The summed E-state index contributed by atoms with van der Waals surface area (Å²) in [6, 6.07) is 7.83. The monoisotopic (exact) mass is 294 g/mol. The second kappa shape index (κ2) is 8.64. The maximum atomic E-state index is 11.7. The molecule has 2 N–H and O–H groups in total. The van der Waals surface area contributed by atoms with Gasteiger partial charge in [0.15, 0.2) is 0 Å². The normalized spacial score (nSPS) is 11.8. The van der Waals surface area contributed by atoms with Crippen LogP contribution in [0.15, 0.2) is 24.3 Å². The lowest BCUT2D eigenvalue weighted by atomic mass is 10.2. The van der Waals surface area contributed by atoms with Gasteiger partial charge in [-0.2, -0.15) is 0 Å². The number of hydrogen-bond acceptors (Lipinski definition) is 3. The SMILES string of the molecule is CCC(C)NC(=O)CSCC(=O)Nc1cccc(C)c1. The number of aryl methyl sites for hydroxylation is 1. The lowest BCUT2D eigenvalue weighted by molar-refractivity contribution is -0.119. The van der Waals surface area contributed by atoms with Crippen molar-refractivity contribution in [2.45, 2.75) is 33.2 Å². The van der Waals surface area contributed by atoms with Crippen molar-refractivity contribution in [1.82, 2.24) is 5.32 Å². The van der Waals surface area contributed by atoms with Crippen LogP contribution in [0.1, 0.15) is 25.8 Å². The molecule has 1 atom stereocenters. The number of thioether (sulfide) groups is 1. The maximum Gasteiger partial charge on any atom is 0.234 e. The summed E-state index contributed by atoms with van der Waals surface area (Å²) in [4.78, 5) is 23.3. The zero-order chi connectivity index (χ0) is 15.0. The van der Waals surface area contributed by atoms with Gasteiger partial charge in [-0.3, -0.25) is 9.59 Å². The van der Waals surface area contributed by atoms with E-state index in [1.165, 1.54) is 11.8 Å². The lowest BCUT2D eigenvalue weighted by Gasteiger charge is -2.11. The van der Waals surface area contributed by atoms with Gasteiger partial charge >= 0.3 is 0 Å². The summed E-state index contributed by atoms with van der Waals surface area (Å²) >= 11 is 1.32. The number of benzene rings is 1. The molecule has 0 heterocycles. The summed E-state index contributed by atoms with van der Waals surface area (Å²) in [5, 5.41) is 5.69. The highest BCUT2D eigenvalue weighted by molar-refractivity contribution is 8.00. The maximum absolute atomic E-state index is 11.7. The smallest absolute Gasteiger partial charge is 0.234 e. The molecule has 0 spiro atoms. The largest absolute Gasteiger partial charge is 0.353 e. The van der Waals surface area contributed by atoms with Crippen molar-refractivity contribution in [1.29, 1.82) is 0 Å². The molecule has 0 saturated carbocycles. The van der Waals surface area contributed by atoms with Crippen LogP contribution >= 0.6 is 11.8 Å². The molecule has 1 rings (SSSR count). The summed E-state index contributed by atoms with van der Waals surface area (Å²) in [6.45, 7) is 5.96. The Morgan fingerprint density at radius 1 is 1.25 bits per heavy atom. The molecule has 20 heavy (non-hydrogen) atoms. The first kappa shape index (κ1) is 16.6. The third kappa shape index (κ3) is 6.61. The number of rotatable bonds is 7. The van der Waals surface area contributed by atoms with Gasteiger partial charge in [0.25, 0.3) is 0 Å². The van der Waals surface area contributed by atoms with Gasteiger partial charge in [0.1, 0.15) is 0 Å². The first-order valence-corrected chi connectivity index (χ1v) is 7.90. The Morgan fingerprint density at radius 3 is 2.60 bits per heavy atom. The second-order valence-corrected chi connectivity index (χ2v) is 5.77. The van der Waals surface area contributed by atoms with Crippen LogP contribution in [0.5, 0.6) is 0 Å². The lowest BCUT2D eigenvalue weighted by Crippen LogP contribution is -2.33. The molecule has 0 bridgehead atoms. The zero-order valence-corrected chi connectivity index (χ0v) is 13.0. The van der Waals surface area contributed by atoms with E-state index >= 15 is 0 Å². The molecule has 4 nitrogen and oxygen atoms in total. The van der Waals surface area contributed by atoms with Crippen molar-refractivity contribution in [3.63, 3.8) is 0 Å². The van der Waals surface area contributed by atoms with Gasteiger partial charge in [-0.25, -0.2) is 0 Å². The van der Waals surface area contributed by atoms with E-state index in [1.54, 1.807) is 0 Å². The molecule has 0 aliphatic heterocycles. The van der Waals surface area contributed by atoms with Gasteiger partial charge < -0.3 is 10.6 Å². The number of anilines is 1. The van der Waals surface area contributed by atoms with E-state index in [0.717, 1.165) is 17.7 Å². The number of carbonyl (C=O) groups is 2. The quantitative estimate of drug-likeness (QED) is 0.812. The van der Waals surface area contributed by atoms with Crippen LogP contribution in [0.3, 0.4) is 0 Å². The fourth-order valence-corrected chi connectivity index (χ4v) is 2.20. The average molecular weight is 294 g/mol. The average Bonchev–Trinajstić information content (AvgIpc) is 2.38. The summed E-state index contributed by atoms with van der Waals surface area (Å²) in [5.41, 5.74) is 1.89. The molecule has 1 aromatic carbocycles. The van der Waals surface area contributed by atoms with Crippen LogP contribution in [0, 0.1) is 6.92 Å². The topological polar surface area (TPSA) is 58.2 Å². The Hall–Kier alpha value is -1.49. The highest BCUT2D eigenvalue weighted by Gasteiger charge is 2.08. The van der Waals surface area contributed by atoms with E-state index in [-0.39, 0.29) is 23.6 Å². The van der Waals surface area contributed by atoms with Crippen LogP contribution in [0.2, 0.25) is 0 Å². The fraction of sp³-hybridized carbons (Fsp3) is 0.467. The molecular formula is C15H22N2O2S. The van der Waals surface area contributed by atoms with Crippen molar-refractivity contribution in [3.8, 4) is 0 Å². The van der Waals surface area contributed by atoms with Gasteiger partial charge in [0.05, 0.1) is 11.5 Å².